The van der Waals surface area contributed by atoms with Crippen LogP contribution in [0.1, 0.15) is 290 Å². The third kappa shape index (κ3) is 63.0. The molecule has 478 valence electrons. The second kappa shape index (κ2) is 61.7. The molecule has 3 atom stereocenters. The van der Waals surface area contributed by atoms with Crippen molar-refractivity contribution in [1.82, 2.24) is 5.32 Å². The van der Waals surface area contributed by atoms with Gasteiger partial charge in [0.1, 0.15) is 19.3 Å². The van der Waals surface area contributed by atoms with Crippen LogP contribution in [0.25, 0.3) is 0 Å². The number of amides is 1. The highest BCUT2D eigenvalue weighted by Crippen LogP contribution is 2.43. The third-order valence-electron chi connectivity index (χ3n) is 14.7. The standard InChI is InChI=1S/C73H129N2O7P/c1-7-10-13-16-19-22-25-27-29-31-33-35-37-39-41-43-45-47-50-53-56-59-62-65-72(76)74-70(69-81-83(78,79)80-68-67-75(4,5)6)71(64-61-58-55-52-49-24-21-18-15-12-9-3)82-73(77)66-63-60-57-54-51-48-46-44-42-40-38-36-34-32-30-28-26-23-20-17-14-11-8-2/h11,14,19-20,22-23,27-30,34,36,40,42,46,48,61,64,70-71H,7-10,12-13,15-18,21,24-26,31-33,35,37-39,41,43-45,47,49-60,62-63,65-69H2,1-6H3,(H-,74,76,78,79)/p+1/b14-11-,22-19-,23-20-,29-27-,30-28-,36-34-,42-40-,48-46-,64-61+. The van der Waals surface area contributed by atoms with Crippen molar-refractivity contribution >= 4 is 19.7 Å². The Labute approximate surface area is 512 Å². The van der Waals surface area contributed by atoms with Gasteiger partial charge in [-0.05, 0) is 115 Å². The Morgan fingerprint density at radius 2 is 0.771 bits per heavy atom. The van der Waals surface area contributed by atoms with E-state index >= 15 is 0 Å². The average Bonchev–Trinajstić information content (AvgIpc) is 3.51. The van der Waals surface area contributed by atoms with Crippen molar-refractivity contribution < 1.29 is 37.3 Å². The molecule has 0 aliphatic rings. The number of quaternary nitrogens is 1. The van der Waals surface area contributed by atoms with Crippen LogP contribution in [0.4, 0.5) is 0 Å². The van der Waals surface area contributed by atoms with E-state index in [4.69, 9.17) is 13.8 Å². The number of nitrogens with one attached hydrogen (secondary N) is 1. The molecule has 0 aliphatic carbocycles. The summed E-state index contributed by atoms with van der Waals surface area (Å²) in [4.78, 5) is 37.8. The summed E-state index contributed by atoms with van der Waals surface area (Å²) in [5.41, 5.74) is 0. The van der Waals surface area contributed by atoms with Gasteiger partial charge in [0, 0.05) is 12.8 Å². The van der Waals surface area contributed by atoms with E-state index in [2.05, 4.69) is 123 Å². The lowest BCUT2D eigenvalue weighted by Crippen LogP contribution is -2.47. The number of carbonyl (C=O) groups excluding carboxylic acids is 2. The first kappa shape index (κ1) is 79.7. The van der Waals surface area contributed by atoms with Gasteiger partial charge in [-0.2, -0.15) is 0 Å². The van der Waals surface area contributed by atoms with Crippen molar-refractivity contribution in [2.75, 3.05) is 40.9 Å². The molecule has 0 spiro atoms. The lowest BCUT2D eigenvalue weighted by atomic mass is 10.0. The molecule has 1 amide bonds. The van der Waals surface area contributed by atoms with Crippen LogP contribution in [0, 0.1) is 0 Å². The minimum absolute atomic E-state index is 0.0310. The molecule has 0 bridgehead atoms. The van der Waals surface area contributed by atoms with Crippen molar-refractivity contribution in [2.45, 2.75) is 303 Å². The summed E-state index contributed by atoms with van der Waals surface area (Å²) in [7, 11) is 1.47. The number of allylic oxidation sites excluding steroid dienone is 17. The van der Waals surface area contributed by atoms with Gasteiger partial charge in [0.15, 0.2) is 0 Å². The number of hydrogen-bond acceptors (Lipinski definition) is 6. The van der Waals surface area contributed by atoms with E-state index in [1.165, 1.54) is 141 Å². The monoisotopic (exact) mass is 1180 g/mol. The normalized spacial score (nSPS) is 14.3. The van der Waals surface area contributed by atoms with Crippen LogP contribution in [0.5, 0.6) is 0 Å². The van der Waals surface area contributed by atoms with E-state index in [1.807, 2.05) is 33.3 Å². The molecule has 9 nitrogen and oxygen atoms in total. The summed E-state index contributed by atoms with van der Waals surface area (Å²) in [5, 5.41) is 3.06. The van der Waals surface area contributed by atoms with Gasteiger partial charge in [0.25, 0.3) is 0 Å². The lowest BCUT2D eigenvalue weighted by Gasteiger charge is -2.27. The van der Waals surface area contributed by atoms with Gasteiger partial charge in [0.05, 0.1) is 33.8 Å². The smallest absolute Gasteiger partial charge is 0.456 e. The van der Waals surface area contributed by atoms with Crippen LogP contribution in [-0.2, 0) is 27.9 Å². The minimum atomic E-state index is -4.46. The number of ether oxygens (including phenoxy) is 1. The second-order valence-electron chi connectivity index (χ2n) is 24.0. The minimum Gasteiger partial charge on any atom is -0.456 e. The van der Waals surface area contributed by atoms with Gasteiger partial charge in [-0.1, -0.05) is 272 Å². The fraction of sp³-hybridized carbons (Fsp3) is 0.726. The van der Waals surface area contributed by atoms with Crippen LogP contribution in [-0.4, -0.2) is 74.3 Å². The molecule has 0 saturated carbocycles. The summed E-state index contributed by atoms with van der Waals surface area (Å²) in [6.45, 7) is 6.86. The summed E-state index contributed by atoms with van der Waals surface area (Å²) >= 11 is 0. The number of rotatable bonds is 61. The van der Waals surface area contributed by atoms with Gasteiger partial charge >= 0.3 is 13.8 Å². The van der Waals surface area contributed by atoms with E-state index < -0.39 is 20.0 Å². The zero-order chi connectivity index (χ0) is 60.7. The number of hydrogen-bond donors (Lipinski definition) is 2. The SMILES string of the molecule is CC/C=C\C/C=C\C/C=C\C/C=C\C/C=C\C/C=C\CCCCCCC(=O)OC(/C=C/CCCCCCCCCCC)C(COP(=O)(O)OCC[N+](C)(C)C)NC(=O)CCCCCCCCCCCCCCC/C=C\C/C=C\CCCCC. The molecule has 0 aromatic rings. The van der Waals surface area contributed by atoms with Gasteiger partial charge in [-0.3, -0.25) is 18.6 Å². The largest absolute Gasteiger partial charge is 0.472 e. The van der Waals surface area contributed by atoms with Crippen molar-refractivity contribution in [3.8, 4) is 0 Å². The predicted molar refractivity (Wildman–Crippen MR) is 360 cm³/mol. The Morgan fingerprint density at radius 1 is 0.434 bits per heavy atom. The van der Waals surface area contributed by atoms with E-state index in [0.29, 0.717) is 23.9 Å². The number of esters is 1. The highest BCUT2D eigenvalue weighted by Gasteiger charge is 2.30. The molecule has 0 rings (SSSR count). The summed E-state index contributed by atoms with van der Waals surface area (Å²) in [6, 6.07) is -0.866. The molecule has 3 unspecified atom stereocenters. The molecule has 0 aromatic heterocycles. The fourth-order valence-electron chi connectivity index (χ4n) is 9.44. The maximum absolute atomic E-state index is 13.6. The summed E-state index contributed by atoms with van der Waals surface area (Å²) < 4.78 is 30.8. The van der Waals surface area contributed by atoms with Crippen LogP contribution in [0.3, 0.4) is 0 Å². The quantitative estimate of drug-likeness (QED) is 0.0205. The first-order chi connectivity index (χ1) is 40.4. The number of phosphoric ester groups is 1. The highest BCUT2D eigenvalue weighted by molar-refractivity contribution is 7.47. The summed E-state index contributed by atoms with van der Waals surface area (Å²) in [6.07, 6.45) is 85.2. The first-order valence-electron chi connectivity index (χ1n) is 34.2. The lowest BCUT2D eigenvalue weighted by molar-refractivity contribution is -0.870. The Bertz CT molecular complexity index is 1790. The van der Waals surface area contributed by atoms with Crippen LogP contribution in [0.2, 0.25) is 0 Å². The van der Waals surface area contributed by atoms with Crippen molar-refractivity contribution in [3.05, 3.63) is 109 Å². The molecule has 0 saturated heterocycles. The Kier molecular flexibility index (Phi) is 59.3. The number of nitrogens with zero attached hydrogens (tertiary/aromatic N) is 1. The topological polar surface area (TPSA) is 111 Å². The summed E-state index contributed by atoms with van der Waals surface area (Å²) in [5.74, 6) is -0.536. The Hall–Kier alpha value is -3.33. The van der Waals surface area contributed by atoms with E-state index in [1.54, 1.807) is 0 Å². The van der Waals surface area contributed by atoms with Crippen LogP contribution >= 0.6 is 7.82 Å². The Morgan fingerprint density at radius 3 is 1.18 bits per heavy atom. The van der Waals surface area contributed by atoms with E-state index in [9.17, 15) is 19.0 Å². The van der Waals surface area contributed by atoms with Gasteiger partial charge in [-0.15, -0.1) is 0 Å². The maximum Gasteiger partial charge on any atom is 0.472 e. The Balaban J connectivity index is 5.14. The molecular weight excluding hydrogens is 1050 g/mol. The zero-order valence-electron chi connectivity index (χ0n) is 54.7. The van der Waals surface area contributed by atoms with Gasteiger partial charge in [-0.25, -0.2) is 4.57 Å². The molecule has 0 fully saturated rings. The molecule has 2 N–H and O–H groups in total. The number of carbonyl (C=O) groups is 2. The molecule has 0 aliphatic heterocycles. The molecule has 0 radical (unpaired) electrons. The van der Waals surface area contributed by atoms with Crippen LogP contribution in [0.15, 0.2) is 109 Å². The maximum atomic E-state index is 13.6. The predicted octanol–water partition coefficient (Wildman–Crippen LogP) is 21.7. The van der Waals surface area contributed by atoms with E-state index in [-0.39, 0.29) is 31.5 Å². The highest BCUT2D eigenvalue weighted by atomic mass is 31.2. The molecule has 10 heteroatoms. The first-order valence-corrected chi connectivity index (χ1v) is 35.7. The zero-order valence-corrected chi connectivity index (χ0v) is 55.6. The van der Waals surface area contributed by atoms with Gasteiger partial charge in [0.2, 0.25) is 5.91 Å². The van der Waals surface area contributed by atoms with Gasteiger partial charge < -0.3 is 19.4 Å². The van der Waals surface area contributed by atoms with E-state index in [0.717, 1.165) is 109 Å². The molecule has 0 heterocycles. The number of phosphoric acid groups is 1. The molecule has 0 aromatic carbocycles. The number of unbranched alkanes of at least 4 members (excludes halogenated alkanes) is 29. The average molecular weight is 1180 g/mol. The van der Waals surface area contributed by atoms with Crippen molar-refractivity contribution in [3.63, 3.8) is 0 Å². The third-order valence-corrected chi connectivity index (χ3v) is 15.7. The molecular formula is C73H130N2O7P+. The second-order valence-corrected chi connectivity index (χ2v) is 25.4. The number of likely N-dealkylation sites (N-methyl/N-ethyl adjacent to an activating group) is 1. The molecule has 83 heavy (non-hydrogen) atoms. The fourth-order valence-corrected chi connectivity index (χ4v) is 10.2. The van der Waals surface area contributed by atoms with Crippen LogP contribution < -0.4 is 5.32 Å². The van der Waals surface area contributed by atoms with Crippen molar-refractivity contribution in [2.24, 2.45) is 0 Å². The van der Waals surface area contributed by atoms with Crippen molar-refractivity contribution in [1.29, 1.82) is 0 Å².